The molecule has 1 heterocycles. The molecule has 154 valence electrons. The van der Waals surface area contributed by atoms with Gasteiger partial charge in [0.2, 0.25) is 0 Å². The van der Waals surface area contributed by atoms with Crippen LogP contribution in [0.5, 0.6) is 0 Å². The van der Waals surface area contributed by atoms with Crippen LogP contribution in [-0.4, -0.2) is 15.8 Å². The number of carbonyl (C=O) groups excluding carboxylic acids is 1. The number of imidazole rings is 1. The van der Waals surface area contributed by atoms with E-state index in [0.717, 1.165) is 24.8 Å². The van der Waals surface area contributed by atoms with E-state index < -0.39 is 5.54 Å². The van der Waals surface area contributed by atoms with E-state index in [1.165, 1.54) is 16.7 Å². The van der Waals surface area contributed by atoms with E-state index in [2.05, 4.69) is 83.6 Å². The molecule has 0 bridgehead atoms. The molecule has 1 fully saturated rings. The number of rotatable bonds is 8. The van der Waals surface area contributed by atoms with Crippen LogP contribution in [0.4, 0.5) is 0 Å². The van der Waals surface area contributed by atoms with Crippen LogP contribution in [0, 0.1) is 11.8 Å². The average molecular weight is 407 g/mol. The van der Waals surface area contributed by atoms with Gasteiger partial charge in [-0.25, -0.2) is 4.98 Å². The summed E-state index contributed by atoms with van der Waals surface area (Å²) in [4.78, 5) is 16.4. The van der Waals surface area contributed by atoms with Crippen molar-refractivity contribution in [1.29, 1.82) is 0 Å². The van der Waals surface area contributed by atoms with Crippen LogP contribution in [0.2, 0.25) is 0 Å². The van der Waals surface area contributed by atoms with Crippen molar-refractivity contribution in [2.24, 2.45) is 11.8 Å². The maximum absolute atomic E-state index is 11.6. The second-order valence-electron chi connectivity index (χ2n) is 8.42. The third-order valence-corrected chi connectivity index (χ3v) is 6.45. The predicted octanol–water partition coefficient (Wildman–Crippen LogP) is 5.49. The van der Waals surface area contributed by atoms with Gasteiger partial charge in [0.25, 0.3) is 0 Å². The molecule has 0 saturated heterocycles. The van der Waals surface area contributed by atoms with Gasteiger partial charge in [0.15, 0.2) is 0 Å². The van der Waals surface area contributed by atoms with E-state index >= 15 is 0 Å². The van der Waals surface area contributed by atoms with Crippen LogP contribution in [-0.2, 0) is 16.8 Å². The first-order valence-electron chi connectivity index (χ1n) is 11.0. The average Bonchev–Trinajstić information content (AvgIpc) is 3.59. The molecule has 4 aromatic rings. The molecule has 1 atom stereocenters. The Bertz CT molecular complexity index is 1030. The molecular weight excluding hydrogens is 380 g/mol. The highest BCUT2D eigenvalue weighted by Gasteiger charge is 2.38. The molecule has 3 aromatic carbocycles. The lowest BCUT2D eigenvalue weighted by Gasteiger charge is -2.37. The zero-order chi connectivity index (χ0) is 21.1. The lowest BCUT2D eigenvalue weighted by atomic mass is 9.77. The maximum atomic E-state index is 11.6. The van der Waals surface area contributed by atoms with E-state index in [0.29, 0.717) is 12.3 Å². The molecule has 3 nitrogen and oxygen atoms in total. The summed E-state index contributed by atoms with van der Waals surface area (Å²) < 4.78 is 2.22. The van der Waals surface area contributed by atoms with E-state index in [9.17, 15) is 4.79 Å². The van der Waals surface area contributed by atoms with E-state index in [4.69, 9.17) is 4.98 Å². The van der Waals surface area contributed by atoms with Crippen molar-refractivity contribution in [2.75, 3.05) is 0 Å². The van der Waals surface area contributed by atoms with Crippen LogP contribution in [0.1, 0.15) is 35.2 Å². The Balaban J connectivity index is 1.70. The molecule has 1 saturated carbocycles. The molecular formula is C28H26N2O. The number of carbonyl (C=O) groups is 1. The Labute approximate surface area is 183 Å². The van der Waals surface area contributed by atoms with E-state index in [1.807, 2.05) is 24.5 Å². The van der Waals surface area contributed by atoms with Crippen molar-refractivity contribution in [1.82, 2.24) is 9.55 Å². The summed E-state index contributed by atoms with van der Waals surface area (Å²) in [7, 11) is 0. The number of aldehydes is 1. The van der Waals surface area contributed by atoms with Crippen LogP contribution in [0.3, 0.4) is 0 Å². The Morgan fingerprint density at radius 3 is 1.74 bits per heavy atom. The zero-order valence-electron chi connectivity index (χ0n) is 17.5. The maximum Gasteiger partial charge on any atom is 0.123 e. The number of nitrogens with zero attached hydrogens (tertiary/aromatic N) is 2. The van der Waals surface area contributed by atoms with Crippen LogP contribution in [0.25, 0.3) is 0 Å². The second kappa shape index (κ2) is 8.35. The van der Waals surface area contributed by atoms with Gasteiger partial charge in [0.1, 0.15) is 11.8 Å². The van der Waals surface area contributed by atoms with Crippen molar-refractivity contribution in [3.63, 3.8) is 0 Å². The Morgan fingerprint density at radius 2 is 1.32 bits per heavy atom. The van der Waals surface area contributed by atoms with Gasteiger partial charge in [0.05, 0.1) is 12.0 Å². The topological polar surface area (TPSA) is 34.9 Å². The first-order chi connectivity index (χ1) is 15.3. The summed E-state index contributed by atoms with van der Waals surface area (Å²) >= 11 is 0. The molecule has 0 aliphatic heterocycles. The van der Waals surface area contributed by atoms with Crippen molar-refractivity contribution < 1.29 is 4.79 Å². The molecule has 0 N–H and O–H groups in total. The Kier molecular flexibility index (Phi) is 5.25. The summed E-state index contributed by atoms with van der Waals surface area (Å²) in [5.74, 6) is 0.604. The number of hydrogen-bond donors (Lipinski definition) is 0. The van der Waals surface area contributed by atoms with Gasteiger partial charge in [-0.15, -0.1) is 0 Å². The van der Waals surface area contributed by atoms with E-state index in [1.54, 1.807) is 0 Å². The van der Waals surface area contributed by atoms with Gasteiger partial charge in [-0.2, -0.15) is 0 Å². The van der Waals surface area contributed by atoms with Crippen LogP contribution < -0.4 is 0 Å². The number of aromatic nitrogens is 2. The molecule has 1 aliphatic rings. The monoisotopic (exact) mass is 406 g/mol. The largest absolute Gasteiger partial charge is 0.319 e. The molecule has 31 heavy (non-hydrogen) atoms. The van der Waals surface area contributed by atoms with Gasteiger partial charge in [-0.1, -0.05) is 91.0 Å². The molecule has 3 heteroatoms. The smallest absolute Gasteiger partial charge is 0.123 e. The Hall–Kier alpha value is -3.46. The minimum Gasteiger partial charge on any atom is -0.319 e. The van der Waals surface area contributed by atoms with Gasteiger partial charge >= 0.3 is 0 Å². The fourth-order valence-electron chi connectivity index (χ4n) is 4.73. The normalized spacial score (nSPS) is 14.8. The highest BCUT2D eigenvalue weighted by molar-refractivity contribution is 5.55. The number of hydrogen-bond acceptors (Lipinski definition) is 2. The van der Waals surface area contributed by atoms with Gasteiger partial charge in [-0.3, -0.25) is 0 Å². The second-order valence-corrected chi connectivity index (χ2v) is 8.42. The lowest BCUT2D eigenvalue weighted by Crippen LogP contribution is -2.36. The summed E-state index contributed by atoms with van der Waals surface area (Å²) in [5.41, 5.74) is 3.93. The van der Waals surface area contributed by atoms with Crippen molar-refractivity contribution in [3.05, 3.63) is 126 Å². The van der Waals surface area contributed by atoms with Crippen LogP contribution in [0.15, 0.2) is 104 Å². The Morgan fingerprint density at radius 1 is 0.839 bits per heavy atom. The predicted molar refractivity (Wildman–Crippen MR) is 123 cm³/mol. The first-order valence-corrected chi connectivity index (χ1v) is 11.0. The third kappa shape index (κ3) is 3.61. The fraction of sp³-hybridized carbons (Fsp3) is 0.214. The van der Waals surface area contributed by atoms with Gasteiger partial charge in [0, 0.05) is 18.5 Å². The van der Waals surface area contributed by atoms with Crippen molar-refractivity contribution in [3.8, 4) is 0 Å². The number of benzene rings is 3. The van der Waals surface area contributed by atoms with Gasteiger partial charge in [-0.05, 0) is 35.4 Å². The summed E-state index contributed by atoms with van der Waals surface area (Å²) in [6, 6.07) is 31.7. The van der Waals surface area contributed by atoms with Gasteiger partial charge < -0.3 is 9.36 Å². The molecule has 1 aliphatic carbocycles. The molecule has 5 rings (SSSR count). The van der Waals surface area contributed by atoms with Crippen molar-refractivity contribution in [2.45, 2.75) is 24.8 Å². The molecule has 1 aromatic heterocycles. The third-order valence-electron chi connectivity index (χ3n) is 6.45. The zero-order valence-corrected chi connectivity index (χ0v) is 17.5. The minimum absolute atomic E-state index is 0.0722. The summed E-state index contributed by atoms with van der Waals surface area (Å²) in [6.07, 6.45) is 8.20. The molecule has 1 unspecified atom stereocenters. The molecule has 0 spiro atoms. The first kappa shape index (κ1) is 19.5. The lowest BCUT2D eigenvalue weighted by molar-refractivity contribution is -0.111. The minimum atomic E-state index is -0.550. The van der Waals surface area contributed by atoms with Crippen LogP contribution >= 0.6 is 0 Å². The quantitative estimate of drug-likeness (QED) is 0.286. The van der Waals surface area contributed by atoms with E-state index in [-0.39, 0.29) is 5.92 Å². The standard InChI is InChI=1S/C28H26N2O/c31-20-23(22-16-17-22)18-27-19-30(21-29-27)28(24-10-4-1-5-11-24,25-12-6-2-7-13-25)26-14-8-3-9-15-26/h1-15,19-23H,16-18H2. The highest BCUT2D eigenvalue weighted by atomic mass is 16.1. The molecule has 0 radical (unpaired) electrons. The fourth-order valence-corrected chi connectivity index (χ4v) is 4.73. The SMILES string of the molecule is O=CC(Cc1cn(C(c2ccccc2)(c2ccccc2)c2ccccc2)cn1)C1CC1. The highest BCUT2D eigenvalue weighted by Crippen LogP contribution is 2.41. The summed E-state index contributed by atoms with van der Waals surface area (Å²) in [6.45, 7) is 0. The molecule has 0 amide bonds. The summed E-state index contributed by atoms with van der Waals surface area (Å²) in [5, 5.41) is 0. The van der Waals surface area contributed by atoms with Crippen molar-refractivity contribution >= 4 is 6.29 Å².